The molecule has 1 rings (SSSR count). The predicted molar refractivity (Wildman–Crippen MR) is 77.2 cm³/mol. The van der Waals surface area contributed by atoms with E-state index in [0.717, 1.165) is 18.7 Å². The zero-order valence-electron chi connectivity index (χ0n) is 11.0. The number of ether oxygens (including phenoxy) is 1. The first-order chi connectivity index (χ1) is 8.27. The molecule has 0 saturated heterocycles. The minimum absolute atomic E-state index is 0.494. The summed E-state index contributed by atoms with van der Waals surface area (Å²) in [7, 11) is 1.73. The van der Waals surface area contributed by atoms with Crippen LogP contribution in [0.4, 0.5) is 0 Å². The summed E-state index contributed by atoms with van der Waals surface area (Å²) >= 11 is 1.90. The van der Waals surface area contributed by atoms with Crippen molar-refractivity contribution in [2.45, 2.75) is 25.8 Å². The Kier molecular flexibility index (Phi) is 7.13. The number of thioether (sulfide) groups is 1. The molecule has 0 amide bonds. The Labute approximate surface area is 109 Å². The topological polar surface area (TPSA) is 21.3 Å². The highest BCUT2D eigenvalue weighted by molar-refractivity contribution is 7.98. The Balaban J connectivity index is 2.36. The van der Waals surface area contributed by atoms with E-state index in [1.807, 2.05) is 23.9 Å². The number of nitrogens with one attached hydrogen (secondary N) is 1. The lowest BCUT2D eigenvalue weighted by molar-refractivity contribution is 0.406. The fourth-order valence-corrected chi connectivity index (χ4v) is 2.27. The normalized spacial score (nSPS) is 12.4. The molecule has 0 heterocycles. The third-order valence-corrected chi connectivity index (χ3v) is 3.43. The van der Waals surface area contributed by atoms with Crippen molar-refractivity contribution in [3.05, 3.63) is 29.8 Å². The van der Waals surface area contributed by atoms with Crippen molar-refractivity contribution in [1.82, 2.24) is 5.32 Å². The summed E-state index contributed by atoms with van der Waals surface area (Å²) in [5.74, 6) is 2.22. The number of rotatable bonds is 8. The van der Waals surface area contributed by atoms with E-state index in [9.17, 15) is 0 Å². The van der Waals surface area contributed by atoms with Gasteiger partial charge in [-0.15, -0.1) is 0 Å². The molecule has 2 nitrogen and oxygen atoms in total. The molecule has 1 aromatic rings. The SMILES string of the molecule is COc1ccccc1CC(C)NCCCSC. The first-order valence-corrected chi connectivity index (χ1v) is 7.51. The molecule has 0 aromatic heterocycles. The van der Waals surface area contributed by atoms with Crippen LogP contribution < -0.4 is 10.1 Å². The van der Waals surface area contributed by atoms with Crippen LogP contribution >= 0.6 is 11.8 Å². The van der Waals surface area contributed by atoms with Gasteiger partial charge >= 0.3 is 0 Å². The third kappa shape index (κ3) is 5.46. The molecule has 96 valence electrons. The first kappa shape index (κ1) is 14.4. The summed E-state index contributed by atoms with van der Waals surface area (Å²) < 4.78 is 5.36. The second-order valence-corrected chi connectivity index (χ2v) is 5.20. The van der Waals surface area contributed by atoms with Gasteiger partial charge < -0.3 is 10.1 Å². The van der Waals surface area contributed by atoms with Gasteiger partial charge in [0.25, 0.3) is 0 Å². The van der Waals surface area contributed by atoms with Crippen molar-refractivity contribution in [3.8, 4) is 5.75 Å². The number of hydrogen-bond donors (Lipinski definition) is 1. The van der Waals surface area contributed by atoms with E-state index in [-0.39, 0.29) is 0 Å². The Morgan fingerprint density at radius 2 is 2.12 bits per heavy atom. The van der Waals surface area contributed by atoms with Gasteiger partial charge in [-0.3, -0.25) is 0 Å². The highest BCUT2D eigenvalue weighted by Crippen LogP contribution is 2.18. The average Bonchev–Trinajstić information content (AvgIpc) is 2.35. The average molecular weight is 253 g/mol. The van der Waals surface area contributed by atoms with Gasteiger partial charge in [0.2, 0.25) is 0 Å². The predicted octanol–water partition coefficient (Wildman–Crippen LogP) is 2.97. The van der Waals surface area contributed by atoms with Gasteiger partial charge in [-0.25, -0.2) is 0 Å². The maximum Gasteiger partial charge on any atom is 0.122 e. The number of hydrogen-bond acceptors (Lipinski definition) is 3. The molecular formula is C14H23NOS. The van der Waals surface area contributed by atoms with Crippen LogP contribution in [0.3, 0.4) is 0 Å². The minimum Gasteiger partial charge on any atom is -0.496 e. The molecule has 1 N–H and O–H groups in total. The summed E-state index contributed by atoms with van der Waals surface area (Å²) in [6, 6.07) is 8.74. The number of para-hydroxylation sites is 1. The van der Waals surface area contributed by atoms with Crippen LogP contribution in [0.2, 0.25) is 0 Å². The van der Waals surface area contributed by atoms with E-state index in [2.05, 4.69) is 30.6 Å². The second-order valence-electron chi connectivity index (χ2n) is 4.22. The maximum atomic E-state index is 5.36. The van der Waals surface area contributed by atoms with E-state index < -0.39 is 0 Å². The van der Waals surface area contributed by atoms with Gasteiger partial charge in [-0.1, -0.05) is 18.2 Å². The highest BCUT2D eigenvalue weighted by Gasteiger charge is 2.06. The Bertz CT molecular complexity index is 317. The van der Waals surface area contributed by atoms with Crippen molar-refractivity contribution in [3.63, 3.8) is 0 Å². The summed E-state index contributed by atoms with van der Waals surface area (Å²) in [6.45, 7) is 3.32. The summed E-state index contributed by atoms with van der Waals surface area (Å²) in [6.07, 6.45) is 4.40. The quantitative estimate of drug-likeness (QED) is 0.720. The smallest absolute Gasteiger partial charge is 0.122 e. The van der Waals surface area contributed by atoms with Crippen LogP contribution in [0.1, 0.15) is 18.9 Å². The standard InChI is InChI=1S/C14H23NOS/c1-12(15-9-6-10-17-3)11-13-7-4-5-8-14(13)16-2/h4-5,7-8,12,15H,6,9-11H2,1-3H3. The first-order valence-electron chi connectivity index (χ1n) is 6.12. The van der Waals surface area contributed by atoms with E-state index >= 15 is 0 Å². The van der Waals surface area contributed by atoms with Gasteiger partial charge in [0.15, 0.2) is 0 Å². The van der Waals surface area contributed by atoms with Crippen molar-refractivity contribution in [2.24, 2.45) is 0 Å². The molecule has 0 fully saturated rings. The highest BCUT2D eigenvalue weighted by atomic mass is 32.2. The van der Waals surface area contributed by atoms with Gasteiger partial charge in [0, 0.05) is 6.04 Å². The third-order valence-electron chi connectivity index (χ3n) is 2.74. The van der Waals surface area contributed by atoms with Gasteiger partial charge in [0.1, 0.15) is 5.75 Å². The molecule has 0 aliphatic heterocycles. The monoisotopic (exact) mass is 253 g/mol. The maximum absolute atomic E-state index is 5.36. The second kappa shape index (κ2) is 8.43. The Morgan fingerprint density at radius 3 is 2.82 bits per heavy atom. The molecular weight excluding hydrogens is 230 g/mol. The van der Waals surface area contributed by atoms with Crippen LogP contribution in [0.15, 0.2) is 24.3 Å². The van der Waals surface area contributed by atoms with Crippen LogP contribution in [-0.2, 0) is 6.42 Å². The Hall–Kier alpha value is -0.670. The van der Waals surface area contributed by atoms with Crippen LogP contribution in [0.5, 0.6) is 5.75 Å². The zero-order chi connectivity index (χ0) is 12.5. The molecule has 0 aliphatic rings. The minimum atomic E-state index is 0.494. The van der Waals surface area contributed by atoms with Crippen molar-refractivity contribution < 1.29 is 4.74 Å². The van der Waals surface area contributed by atoms with Crippen molar-refractivity contribution >= 4 is 11.8 Å². The number of methoxy groups -OCH3 is 1. The summed E-state index contributed by atoms with van der Waals surface area (Å²) in [4.78, 5) is 0. The van der Waals surface area contributed by atoms with E-state index in [1.54, 1.807) is 7.11 Å². The van der Waals surface area contributed by atoms with Crippen LogP contribution in [0, 0.1) is 0 Å². The van der Waals surface area contributed by atoms with E-state index in [4.69, 9.17) is 4.74 Å². The lowest BCUT2D eigenvalue weighted by Gasteiger charge is -2.15. The molecule has 1 aromatic carbocycles. The molecule has 3 heteroatoms. The zero-order valence-corrected chi connectivity index (χ0v) is 11.8. The molecule has 0 saturated carbocycles. The largest absolute Gasteiger partial charge is 0.496 e. The van der Waals surface area contributed by atoms with Gasteiger partial charge in [-0.2, -0.15) is 11.8 Å². The molecule has 1 atom stereocenters. The fourth-order valence-electron chi connectivity index (χ4n) is 1.84. The van der Waals surface area contributed by atoms with Crippen LogP contribution in [0.25, 0.3) is 0 Å². The summed E-state index contributed by atoms with van der Waals surface area (Å²) in [5, 5.41) is 3.55. The van der Waals surface area contributed by atoms with Gasteiger partial charge in [-0.05, 0) is 49.9 Å². The molecule has 17 heavy (non-hydrogen) atoms. The lowest BCUT2D eigenvalue weighted by atomic mass is 10.1. The molecule has 0 spiro atoms. The lowest BCUT2D eigenvalue weighted by Crippen LogP contribution is -2.29. The molecule has 0 aliphatic carbocycles. The van der Waals surface area contributed by atoms with Crippen LogP contribution in [-0.4, -0.2) is 31.7 Å². The van der Waals surface area contributed by atoms with Crippen molar-refractivity contribution in [1.29, 1.82) is 0 Å². The van der Waals surface area contributed by atoms with Crippen molar-refractivity contribution in [2.75, 3.05) is 25.7 Å². The van der Waals surface area contributed by atoms with E-state index in [0.29, 0.717) is 6.04 Å². The Morgan fingerprint density at radius 1 is 1.35 bits per heavy atom. The molecule has 1 unspecified atom stereocenters. The van der Waals surface area contributed by atoms with E-state index in [1.165, 1.54) is 17.7 Å². The fraction of sp³-hybridized carbons (Fsp3) is 0.571. The molecule has 0 bridgehead atoms. The molecule has 0 radical (unpaired) electrons. The summed E-state index contributed by atoms with van der Waals surface area (Å²) in [5.41, 5.74) is 1.28. The number of benzene rings is 1. The van der Waals surface area contributed by atoms with Gasteiger partial charge in [0.05, 0.1) is 7.11 Å².